The van der Waals surface area contributed by atoms with Gasteiger partial charge in [0.1, 0.15) is 18.1 Å². The number of rotatable bonds is 13. The van der Waals surface area contributed by atoms with Crippen molar-refractivity contribution in [3.8, 4) is 11.5 Å². The quantitative estimate of drug-likeness (QED) is 0.475. The molecule has 2 aromatic carbocycles. The van der Waals surface area contributed by atoms with Crippen LogP contribution < -0.4 is 14.8 Å². The normalized spacial score (nSPS) is 10.5. The summed E-state index contributed by atoms with van der Waals surface area (Å²) < 4.78 is 16.8. The van der Waals surface area contributed by atoms with E-state index in [2.05, 4.69) is 12.2 Å². The van der Waals surface area contributed by atoms with Gasteiger partial charge in [0.25, 0.3) is 5.91 Å². The zero-order chi connectivity index (χ0) is 20.0. The molecule has 5 nitrogen and oxygen atoms in total. The third kappa shape index (κ3) is 7.61. The van der Waals surface area contributed by atoms with Crippen LogP contribution in [0.25, 0.3) is 0 Å². The fraction of sp³-hybridized carbons (Fsp3) is 0.435. The Hall–Kier alpha value is -2.53. The fourth-order valence-corrected chi connectivity index (χ4v) is 2.72. The summed E-state index contributed by atoms with van der Waals surface area (Å²) in [5.74, 6) is 1.09. The average molecular weight is 386 g/mol. The second-order valence-electron chi connectivity index (χ2n) is 6.43. The molecule has 0 saturated heterocycles. The van der Waals surface area contributed by atoms with Crippen molar-refractivity contribution in [3.63, 3.8) is 0 Å². The molecule has 5 heteroatoms. The highest BCUT2D eigenvalue weighted by Crippen LogP contribution is 2.22. The summed E-state index contributed by atoms with van der Waals surface area (Å²) in [5, 5.41) is 2.92. The van der Waals surface area contributed by atoms with Crippen LogP contribution in [0.3, 0.4) is 0 Å². The van der Waals surface area contributed by atoms with Crippen LogP contribution in [0.4, 0.5) is 5.69 Å². The molecular formula is C23H31NO4. The SMILES string of the molecule is CCCCCCOc1cccc(NC(=O)c2ccccc2OCCOCC)c1. The van der Waals surface area contributed by atoms with E-state index in [0.29, 0.717) is 43.4 Å². The van der Waals surface area contributed by atoms with Crippen molar-refractivity contribution in [2.24, 2.45) is 0 Å². The maximum atomic E-state index is 12.7. The van der Waals surface area contributed by atoms with Crippen molar-refractivity contribution in [1.82, 2.24) is 0 Å². The van der Waals surface area contributed by atoms with Gasteiger partial charge in [-0.15, -0.1) is 0 Å². The first-order valence-corrected chi connectivity index (χ1v) is 10.1. The van der Waals surface area contributed by atoms with Crippen LogP contribution in [0.2, 0.25) is 0 Å². The highest BCUT2D eigenvalue weighted by atomic mass is 16.5. The Morgan fingerprint density at radius 2 is 1.75 bits per heavy atom. The van der Waals surface area contributed by atoms with Crippen LogP contribution in [-0.2, 0) is 4.74 Å². The number of amides is 1. The molecule has 0 aliphatic carbocycles. The molecule has 28 heavy (non-hydrogen) atoms. The minimum absolute atomic E-state index is 0.216. The second-order valence-corrected chi connectivity index (χ2v) is 6.43. The summed E-state index contributed by atoms with van der Waals surface area (Å²) in [6, 6.07) is 14.7. The zero-order valence-corrected chi connectivity index (χ0v) is 16.9. The number of carbonyl (C=O) groups excluding carboxylic acids is 1. The van der Waals surface area contributed by atoms with Gasteiger partial charge in [-0.05, 0) is 37.6 Å². The molecule has 0 fully saturated rings. The molecule has 2 aromatic rings. The molecule has 1 amide bonds. The number of unbranched alkanes of at least 4 members (excludes halogenated alkanes) is 3. The molecule has 0 aliphatic rings. The Labute approximate surface area is 168 Å². The first-order valence-electron chi connectivity index (χ1n) is 10.1. The van der Waals surface area contributed by atoms with Crippen LogP contribution in [0, 0.1) is 0 Å². The largest absolute Gasteiger partial charge is 0.494 e. The van der Waals surface area contributed by atoms with E-state index in [9.17, 15) is 4.79 Å². The maximum absolute atomic E-state index is 12.7. The lowest BCUT2D eigenvalue weighted by molar-refractivity contribution is 0.0998. The number of para-hydroxylation sites is 1. The Morgan fingerprint density at radius 1 is 0.893 bits per heavy atom. The molecule has 0 unspecified atom stereocenters. The standard InChI is InChI=1S/C23H31NO4/c1-3-5-6-9-15-27-20-12-10-11-19(18-20)24-23(25)21-13-7-8-14-22(21)28-17-16-26-4-2/h7-8,10-14,18H,3-6,9,15-17H2,1-2H3,(H,24,25). The third-order valence-electron chi connectivity index (χ3n) is 4.18. The number of nitrogens with one attached hydrogen (secondary N) is 1. The van der Waals surface area contributed by atoms with Gasteiger partial charge in [-0.1, -0.05) is 44.4 Å². The van der Waals surface area contributed by atoms with E-state index in [1.54, 1.807) is 12.1 Å². The highest BCUT2D eigenvalue weighted by molar-refractivity contribution is 6.06. The summed E-state index contributed by atoms with van der Waals surface area (Å²) in [6.45, 7) is 6.35. The molecule has 0 saturated carbocycles. The molecule has 2 rings (SSSR count). The summed E-state index contributed by atoms with van der Waals surface area (Å²) >= 11 is 0. The smallest absolute Gasteiger partial charge is 0.259 e. The fourth-order valence-electron chi connectivity index (χ4n) is 2.72. The second kappa shape index (κ2) is 12.8. The molecule has 0 spiro atoms. The van der Waals surface area contributed by atoms with Crippen molar-refractivity contribution in [1.29, 1.82) is 0 Å². The number of anilines is 1. The number of ether oxygens (including phenoxy) is 3. The van der Waals surface area contributed by atoms with E-state index in [1.165, 1.54) is 19.3 Å². The third-order valence-corrected chi connectivity index (χ3v) is 4.18. The van der Waals surface area contributed by atoms with E-state index in [-0.39, 0.29) is 5.91 Å². The van der Waals surface area contributed by atoms with E-state index in [4.69, 9.17) is 14.2 Å². The van der Waals surface area contributed by atoms with Crippen molar-refractivity contribution in [3.05, 3.63) is 54.1 Å². The minimum atomic E-state index is -0.216. The van der Waals surface area contributed by atoms with Gasteiger partial charge in [0, 0.05) is 18.4 Å². The molecule has 0 aromatic heterocycles. The van der Waals surface area contributed by atoms with E-state index < -0.39 is 0 Å². The van der Waals surface area contributed by atoms with Gasteiger partial charge in [-0.25, -0.2) is 0 Å². The molecular weight excluding hydrogens is 354 g/mol. The molecule has 0 radical (unpaired) electrons. The molecule has 0 atom stereocenters. The van der Waals surface area contributed by atoms with Crippen LogP contribution in [-0.4, -0.2) is 32.3 Å². The van der Waals surface area contributed by atoms with Crippen molar-refractivity contribution in [2.45, 2.75) is 39.5 Å². The number of hydrogen-bond acceptors (Lipinski definition) is 4. The summed E-state index contributed by atoms with van der Waals surface area (Å²) in [6.07, 6.45) is 4.65. The lowest BCUT2D eigenvalue weighted by Crippen LogP contribution is -2.15. The summed E-state index contributed by atoms with van der Waals surface area (Å²) in [4.78, 5) is 12.7. The predicted octanol–water partition coefficient (Wildman–Crippen LogP) is 5.31. The van der Waals surface area contributed by atoms with Gasteiger partial charge < -0.3 is 19.5 Å². The van der Waals surface area contributed by atoms with Gasteiger partial charge in [0.2, 0.25) is 0 Å². The minimum Gasteiger partial charge on any atom is -0.494 e. The van der Waals surface area contributed by atoms with E-state index in [1.807, 2.05) is 43.3 Å². The summed E-state index contributed by atoms with van der Waals surface area (Å²) in [5.41, 5.74) is 1.19. The van der Waals surface area contributed by atoms with Gasteiger partial charge in [-0.3, -0.25) is 4.79 Å². The predicted molar refractivity (Wildman–Crippen MR) is 112 cm³/mol. The van der Waals surface area contributed by atoms with Crippen LogP contribution in [0.5, 0.6) is 11.5 Å². The molecule has 0 heterocycles. The Morgan fingerprint density at radius 3 is 2.57 bits per heavy atom. The van der Waals surface area contributed by atoms with E-state index in [0.717, 1.165) is 12.2 Å². The van der Waals surface area contributed by atoms with Crippen molar-refractivity contribution < 1.29 is 19.0 Å². The van der Waals surface area contributed by atoms with Crippen molar-refractivity contribution >= 4 is 11.6 Å². The number of carbonyl (C=O) groups is 1. The van der Waals surface area contributed by atoms with Crippen LogP contribution >= 0.6 is 0 Å². The summed E-state index contributed by atoms with van der Waals surface area (Å²) in [7, 11) is 0. The van der Waals surface area contributed by atoms with Crippen molar-refractivity contribution in [2.75, 3.05) is 31.7 Å². The van der Waals surface area contributed by atoms with Crippen LogP contribution in [0.1, 0.15) is 49.9 Å². The molecule has 1 N–H and O–H groups in total. The number of benzene rings is 2. The highest BCUT2D eigenvalue weighted by Gasteiger charge is 2.12. The number of hydrogen-bond donors (Lipinski definition) is 1. The molecule has 152 valence electrons. The van der Waals surface area contributed by atoms with Gasteiger partial charge >= 0.3 is 0 Å². The first-order chi connectivity index (χ1) is 13.7. The maximum Gasteiger partial charge on any atom is 0.259 e. The zero-order valence-electron chi connectivity index (χ0n) is 16.9. The Balaban J connectivity index is 1.93. The van der Waals surface area contributed by atoms with Gasteiger partial charge in [0.15, 0.2) is 0 Å². The monoisotopic (exact) mass is 385 g/mol. The Kier molecular flexibility index (Phi) is 9.94. The Bertz CT molecular complexity index is 717. The van der Waals surface area contributed by atoms with Gasteiger partial charge in [0.05, 0.1) is 18.8 Å². The average Bonchev–Trinajstić information content (AvgIpc) is 2.71. The van der Waals surface area contributed by atoms with E-state index >= 15 is 0 Å². The molecule has 0 bridgehead atoms. The topological polar surface area (TPSA) is 56.8 Å². The lowest BCUT2D eigenvalue weighted by Gasteiger charge is -2.12. The van der Waals surface area contributed by atoms with Gasteiger partial charge in [-0.2, -0.15) is 0 Å². The van der Waals surface area contributed by atoms with Crippen LogP contribution in [0.15, 0.2) is 48.5 Å². The lowest BCUT2D eigenvalue weighted by atomic mass is 10.2. The first kappa shape index (κ1) is 21.8. The molecule has 0 aliphatic heterocycles.